The molecule has 2 fully saturated rings. The number of nitrogens with zero attached hydrogens (tertiary/aromatic N) is 3. The fourth-order valence-corrected chi connectivity index (χ4v) is 3.25. The van der Waals surface area contributed by atoms with Crippen molar-refractivity contribution in [3.63, 3.8) is 0 Å². The molecule has 3 atom stereocenters. The SMILES string of the molecule is O=C(NC1CN2CCC1C2)c1ccc2cncn2c1. The number of hydrogen-bond donors (Lipinski definition) is 1. The number of pyridine rings is 1. The van der Waals surface area contributed by atoms with E-state index in [1.807, 2.05) is 22.7 Å². The van der Waals surface area contributed by atoms with Crippen LogP contribution in [0.15, 0.2) is 30.9 Å². The maximum absolute atomic E-state index is 12.3. The Kier molecular flexibility index (Phi) is 2.35. The zero-order chi connectivity index (χ0) is 12.8. The number of amides is 1. The molecule has 0 spiro atoms. The maximum Gasteiger partial charge on any atom is 0.253 e. The van der Waals surface area contributed by atoms with Gasteiger partial charge in [-0.3, -0.25) is 4.79 Å². The molecule has 0 saturated carbocycles. The first-order valence-electron chi connectivity index (χ1n) is 6.74. The molecule has 19 heavy (non-hydrogen) atoms. The predicted molar refractivity (Wildman–Crippen MR) is 71.0 cm³/mol. The standard InChI is InChI=1S/C14H16N4O/c19-14(16-13-8-17-4-3-10(13)6-17)11-1-2-12-5-15-9-18(12)7-11/h1-2,5,7,9-10,13H,3-4,6,8H2,(H,16,19). The Labute approximate surface area is 111 Å². The van der Waals surface area contributed by atoms with Crippen LogP contribution in [0, 0.1) is 5.92 Å². The summed E-state index contributed by atoms with van der Waals surface area (Å²) >= 11 is 0. The first-order valence-corrected chi connectivity index (χ1v) is 6.74. The van der Waals surface area contributed by atoms with Crippen LogP contribution in [0.1, 0.15) is 16.8 Å². The number of nitrogens with one attached hydrogen (secondary N) is 1. The Morgan fingerprint density at radius 3 is 3.11 bits per heavy atom. The first kappa shape index (κ1) is 11.0. The van der Waals surface area contributed by atoms with Gasteiger partial charge in [0.15, 0.2) is 0 Å². The van der Waals surface area contributed by atoms with E-state index >= 15 is 0 Å². The van der Waals surface area contributed by atoms with E-state index in [2.05, 4.69) is 15.2 Å². The summed E-state index contributed by atoms with van der Waals surface area (Å²) in [5, 5.41) is 3.17. The monoisotopic (exact) mass is 256 g/mol. The van der Waals surface area contributed by atoms with E-state index in [9.17, 15) is 4.79 Å². The molecule has 4 heterocycles. The molecule has 2 aromatic heterocycles. The molecule has 5 heteroatoms. The summed E-state index contributed by atoms with van der Waals surface area (Å²) in [5.41, 5.74) is 1.70. The third-order valence-corrected chi connectivity index (χ3v) is 4.32. The lowest BCUT2D eigenvalue weighted by Gasteiger charge is -2.23. The Balaban J connectivity index is 1.53. The van der Waals surface area contributed by atoms with E-state index < -0.39 is 0 Å². The predicted octanol–water partition coefficient (Wildman–Crippen LogP) is 0.768. The Hall–Kier alpha value is -1.88. The highest BCUT2D eigenvalue weighted by Gasteiger charge is 2.38. The topological polar surface area (TPSA) is 49.6 Å². The Morgan fingerprint density at radius 1 is 1.37 bits per heavy atom. The highest BCUT2D eigenvalue weighted by molar-refractivity contribution is 5.94. The largest absolute Gasteiger partial charge is 0.348 e. The van der Waals surface area contributed by atoms with Crippen molar-refractivity contribution in [2.24, 2.45) is 5.92 Å². The van der Waals surface area contributed by atoms with E-state index in [0.29, 0.717) is 17.5 Å². The molecule has 3 unspecified atom stereocenters. The molecular formula is C14H16N4O. The average molecular weight is 256 g/mol. The van der Waals surface area contributed by atoms with Crippen LogP contribution >= 0.6 is 0 Å². The van der Waals surface area contributed by atoms with Crippen molar-refractivity contribution in [1.82, 2.24) is 19.6 Å². The summed E-state index contributed by atoms with van der Waals surface area (Å²) in [6.45, 7) is 3.34. The van der Waals surface area contributed by atoms with Gasteiger partial charge in [-0.2, -0.15) is 0 Å². The minimum atomic E-state index is 0.0225. The second kappa shape index (κ2) is 4.06. The second-order valence-corrected chi connectivity index (χ2v) is 5.53. The van der Waals surface area contributed by atoms with E-state index in [0.717, 1.165) is 18.6 Å². The molecular weight excluding hydrogens is 240 g/mol. The molecule has 0 aromatic carbocycles. The normalized spacial score (nSPS) is 28.9. The van der Waals surface area contributed by atoms with Crippen LogP contribution < -0.4 is 5.32 Å². The van der Waals surface area contributed by atoms with Gasteiger partial charge < -0.3 is 14.6 Å². The molecule has 2 aromatic rings. The number of piperidine rings is 1. The van der Waals surface area contributed by atoms with Gasteiger partial charge >= 0.3 is 0 Å². The molecule has 2 aliphatic rings. The van der Waals surface area contributed by atoms with Crippen LogP contribution in [0.3, 0.4) is 0 Å². The van der Waals surface area contributed by atoms with Crippen LogP contribution in [0.25, 0.3) is 5.52 Å². The zero-order valence-electron chi connectivity index (χ0n) is 10.6. The number of carbonyl (C=O) groups is 1. The van der Waals surface area contributed by atoms with Crippen LogP contribution in [0.5, 0.6) is 0 Å². The lowest BCUT2D eigenvalue weighted by atomic mass is 10.00. The van der Waals surface area contributed by atoms with Gasteiger partial charge in [0.05, 0.1) is 23.6 Å². The van der Waals surface area contributed by atoms with Crippen LogP contribution in [-0.4, -0.2) is 45.9 Å². The summed E-state index contributed by atoms with van der Waals surface area (Å²) in [7, 11) is 0. The van der Waals surface area contributed by atoms with Crippen LogP contribution in [0.2, 0.25) is 0 Å². The van der Waals surface area contributed by atoms with Gasteiger partial charge in [0.2, 0.25) is 0 Å². The van der Waals surface area contributed by atoms with Gasteiger partial charge in [-0.25, -0.2) is 4.98 Å². The summed E-state index contributed by atoms with van der Waals surface area (Å²) < 4.78 is 1.87. The van der Waals surface area contributed by atoms with E-state index in [1.54, 1.807) is 12.5 Å². The smallest absolute Gasteiger partial charge is 0.253 e. The molecule has 1 amide bonds. The second-order valence-electron chi connectivity index (χ2n) is 5.53. The molecule has 0 radical (unpaired) electrons. The molecule has 2 bridgehead atoms. The number of imidazole rings is 1. The van der Waals surface area contributed by atoms with E-state index in [4.69, 9.17) is 0 Å². The van der Waals surface area contributed by atoms with Gasteiger partial charge in [0.1, 0.15) is 0 Å². The minimum absolute atomic E-state index is 0.0225. The average Bonchev–Trinajstić information content (AvgIpc) is 3.13. The fourth-order valence-electron chi connectivity index (χ4n) is 3.25. The molecule has 2 saturated heterocycles. The number of rotatable bonds is 2. The van der Waals surface area contributed by atoms with Gasteiger partial charge in [0, 0.05) is 25.3 Å². The van der Waals surface area contributed by atoms with E-state index in [-0.39, 0.29) is 5.91 Å². The summed E-state index contributed by atoms with van der Waals surface area (Å²) in [6.07, 6.45) is 6.55. The number of carbonyl (C=O) groups excluding carboxylic acids is 1. The first-order chi connectivity index (χ1) is 9.29. The van der Waals surface area contributed by atoms with E-state index in [1.165, 1.54) is 13.0 Å². The highest BCUT2D eigenvalue weighted by Crippen LogP contribution is 2.27. The van der Waals surface area contributed by atoms with Crippen molar-refractivity contribution in [1.29, 1.82) is 0 Å². The molecule has 0 aliphatic carbocycles. The van der Waals surface area contributed by atoms with Crippen molar-refractivity contribution in [3.8, 4) is 0 Å². The molecule has 2 aliphatic heterocycles. The summed E-state index contributed by atoms with van der Waals surface area (Å²) in [5.74, 6) is 0.662. The highest BCUT2D eigenvalue weighted by atomic mass is 16.1. The van der Waals surface area contributed by atoms with Gasteiger partial charge in [0.25, 0.3) is 5.91 Å². The minimum Gasteiger partial charge on any atom is -0.348 e. The van der Waals surface area contributed by atoms with Crippen LogP contribution in [0.4, 0.5) is 0 Å². The molecule has 5 nitrogen and oxygen atoms in total. The number of aromatic nitrogens is 2. The Bertz CT molecular complexity index is 635. The van der Waals surface area contributed by atoms with Gasteiger partial charge in [-0.1, -0.05) is 0 Å². The molecule has 1 N–H and O–H groups in total. The van der Waals surface area contributed by atoms with Gasteiger partial charge in [-0.05, 0) is 31.0 Å². The molecule has 4 rings (SSSR count). The number of fused-ring (bicyclic) bond motifs is 3. The Morgan fingerprint density at radius 2 is 2.32 bits per heavy atom. The third kappa shape index (κ3) is 1.81. The fraction of sp³-hybridized carbons (Fsp3) is 0.429. The van der Waals surface area contributed by atoms with Gasteiger partial charge in [-0.15, -0.1) is 0 Å². The lowest BCUT2D eigenvalue weighted by molar-refractivity contribution is 0.0924. The molecule has 98 valence electrons. The summed E-state index contributed by atoms with van der Waals surface area (Å²) in [6, 6.07) is 4.10. The lowest BCUT2D eigenvalue weighted by Crippen LogP contribution is -2.43. The van der Waals surface area contributed by atoms with Crippen molar-refractivity contribution < 1.29 is 4.79 Å². The van der Waals surface area contributed by atoms with Crippen LogP contribution in [-0.2, 0) is 0 Å². The quantitative estimate of drug-likeness (QED) is 0.863. The maximum atomic E-state index is 12.3. The van der Waals surface area contributed by atoms with Crippen molar-refractivity contribution in [2.75, 3.05) is 19.6 Å². The van der Waals surface area contributed by atoms with Crippen molar-refractivity contribution in [2.45, 2.75) is 12.5 Å². The zero-order valence-corrected chi connectivity index (χ0v) is 10.6. The third-order valence-electron chi connectivity index (χ3n) is 4.32. The number of hydrogen-bond acceptors (Lipinski definition) is 3. The van der Waals surface area contributed by atoms with Crippen molar-refractivity contribution >= 4 is 11.4 Å². The van der Waals surface area contributed by atoms with Crippen molar-refractivity contribution in [3.05, 3.63) is 36.4 Å². The summed E-state index contributed by atoms with van der Waals surface area (Å²) in [4.78, 5) is 18.8.